The van der Waals surface area contributed by atoms with Crippen LogP contribution in [0.15, 0.2) is 54.2 Å². The summed E-state index contributed by atoms with van der Waals surface area (Å²) in [5.41, 5.74) is 4.78. The van der Waals surface area contributed by atoms with E-state index in [4.69, 9.17) is 9.47 Å². The molecular formula is C26H29NO5S. The number of aromatic nitrogens is 1. The summed E-state index contributed by atoms with van der Waals surface area (Å²) in [6, 6.07) is 13.1. The highest BCUT2D eigenvalue weighted by molar-refractivity contribution is 7.09. The Morgan fingerprint density at radius 1 is 1.12 bits per heavy atom. The predicted molar refractivity (Wildman–Crippen MR) is 128 cm³/mol. The molecule has 2 atom stereocenters. The number of aryl methyl sites for hydroxylation is 1. The maximum atomic E-state index is 13.1. The molecule has 0 radical (unpaired) electrons. The smallest absolute Gasteiger partial charge is 0.338 e. The normalized spacial score (nSPS) is 13.3. The van der Waals surface area contributed by atoms with Crippen LogP contribution in [0.4, 0.5) is 0 Å². The number of hydrogen-bond donors (Lipinski definition) is 1. The molecule has 0 bridgehead atoms. The third-order valence-electron chi connectivity index (χ3n) is 5.21. The zero-order valence-corrected chi connectivity index (χ0v) is 20.3. The van der Waals surface area contributed by atoms with E-state index >= 15 is 0 Å². The summed E-state index contributed by atoms with van der Waals surface area (Å²) in [5.74, 6) is -1.76. The Morgan fingerprint density at radius 3 is 2.45 bits per heavy atom. The quantitative estimate of drug-likeness (QED) is 0.484. The molecule has 1 heterocycles. The first kappa shape index (κ1) is 24.6. The molecule has 7 heteroatoms. The van der Waals surface area contributed by atoms with Crippen molar-refractivity contribution in [2.45, 2.75) is 45.8 Å². The lowest BCUT2D eigenvalue weighted by Gasteiger charge is -2.26. The van der Waals surface area contributed by atoms with E-state index in [1.54, 1.807) is 44.6 Å². The highest BCUT2D eigenvalue weighted by atomic mass is 32.1. The fourth-order valence-electron chi connectivity index (χ4n) is 3.63. The van der Waals surface area contributed by atoms with E-state index in [9.17, 15) is 14.7 Å². The summed E-state index contributed by atoms with van der Waals surface area (Å²) in [7, 11) is 1.35. The van der Waals surface area contributed by atoms with Gasteiger partial charge < -0.3 is 14.6 Å². The lowest BCUT2D eigenvalue weighted by atomic mass is 9.89. The number of esters is 2. The first-order chi connectivity index (χ1) is 15.6. The van der Waals surface area contributed by atoms with Gasteiger partial charge in [0.05, 0.1) is 29.0 Å². The van der Waals surface area contributed by atoms with Crippen LogP contribution in [0.3, 0.4) is 0 Å². The number of methoxy groups -OCH3 is 1. The molecule has 2 aromatic carbocycles. The van der Waals surface area contributed by atoms with Crippen LogP contribution < -0.4 is 0 Å². The number of rotatable bonds is 7. The van der Waals surface area contributed by atoms with Gasteiger partial charge in [-0.3, -0.25) is 9.78 Å². The predicted octanol–water partition coefficient (Wildman–Crippen LogP) is 5.14. The average Bonchev–Trinajstić information content (AvgIpc) is 3.30. The highest BCUT2D eigenvalue weighted by Gasteiger charge is 2.33. The molecule has 1 aromatic heterocycles. The second-order valence-corrected chi connectivity index (χ2v) is 9.80. The molecule has 3 rings (SSSR count). The van der Waals surface area contributed by atoms with Gasteiger partial charge in [0.15, 0.2) is 0 Å². The molecule has 0 saturated heterocycles. The van der Waals surface area contributed by atoms with Crippen LogP contribution in [0.5, 0.6) is 0 Å². The van der Waals surface area contributed by atoms with Crippen molar-refractivity contribution in [3.63, 3.8) is 0 Å². The van der Waals surface area contributed by atoms with E-state index in [1.165, 1.54) is 18.4 Å². The lowest BCUT2D eigenvalue weighted by Crippen LogP contribution is -2.33. The summed E-state index contributed by atoms with van der Waals surface area (Å²) < 4.78 is 10.6. The van der Waals surface area contributed by atoms with E-state index < -0.39 is 29.6 Å². The number of carbonyl (C=O) groups excluding carboxylic acids is 2. The topological polar surface area (TPSA) is 85.7 Å². The SMILES string of the molecule is COC(=O)c1ccc(CC(C(=O)OC(C)(C)C)C(O)c2cncs2)cc1-c1ccccc1C. The molecule has 0 aliphatic heterocycles. The van der Waals surface area contributed by atoms with E-state index in [0.29, 0.717) is 16.0 Å². The molecule has 1 N–H and O–H groups in total. The van der Waals surface area contributed by atoms with Gasteiger partial charge in [-0.15, -0.1) is 11.3 Å². The van der Waals surface area contributed by atoms with Gasteiger partial charge in [-0.1, -0.05) is 36.4 Å². The molecule has 3 aromatic rings. The molecule has 0 fully saturated rings. The Kier molecular flexibility index (Phi) is 7.66. The van der Waals surface area contributed by atoms with Crippen LogP contribution in [0, 0.1) is 12.8 Å². The summed E-state index contributed by atoms with van der Waals surface area (Å²) in [5, 5.41) is 11.0. The number of hydrogen-bond acceptors (Lipinski definition) is 7. The molecule has 174 valence electrons. The van der Waals surface area contributed by atoms with Gasteiger partial charge in [0.2, 0.25) is 0 Å². The summed E-state index contributed by atoms with van der Waals surface area (Å²) >= 11 is 1.29. The van der Waals surface area contributed by atoms with Gasteiger partial charge in [0.25, 0.3) is 0 Å². The Morgan fingerprint density at radius 2 is 1.85 bits per heavy atom. The van der Waals surface area contributed by atoms with Crippen molar-refractivity contribution in [1.82, 2.24) is 4.98 Å². The molecule has 0 spiro atoms. The fraction of sp³-hybridized carbons (Fsp3) is 0.346. The van der Waals surface area contributed by atoms with Crippen LogP contribution in [-0.4, -0.2) is 34.7 Å². The molecule has 2 unspecified atom stereocenters. The molecule has 33 heavy (non-hydrogen) atoms. The molecule has 0 amide bonds. The molecule has 0 saturated carbocycles. The largest absolute Gasteiger partial charge is 0.465 e. The first-order valence-corrected chi connectivity index (χ1v) is 11.5. The average molecular weight is 468 g/mol. The summed E-state index contributed by atoms with van der Waals surface area (Å²) in [6.07, 6.45) is 0.731. The second kappa shape index (κ2) is 10.3. The van der Waals surface area contributed by atoms with Crippen LogP contribution in [-0.2, 0) is 20.7 Å². The van der Waals surface area contributed by atoms with E-state index in [-0.39, 0.29) is 6.42 Å². The van der Waals surface area contributed by atoms with Gasteiger partial charge in [0.1, 0.15) is 11.7 Å². The maximum absolute atomic E-state index is 13.1. The second-order valence-electron chi connectivity index (χ2n) is 8.88. The molecular weight excluding hydrogens is 438 g/mol. The minimum absolute atomic E-state index is 0.230. The summed E-state index contributed by atoms with van der Waals surface area (Å²) in [4.78, 5) is 30.1. The van der Waals surface area contributed by atoms with Crippen molar-refractivity contribution in [3.05, 3.63) is 75.7 Å². The Balaban J connectivity index is 2.03. The van der Waals surface area contributed by atoms with Gasteiger partial charge in [-0.05, 0) is 62.4 Å². The van der Waals surface area contributed by atoms with Gasteiger partial charge in [0, 0.05) is 6.20 Å². The van der Waals surface area contributed by atoms with Crippen LogP contribution >= 0.6 is 11.3 Å². The number of thiazole rings is 1. The molecule has 6 nitrogen and oxygen atoms in total. The van der Waals surface area contributed by atoms with Crippen molar-refractivity contribution in [3.8, 4) is 11.1 Å². The van der Waals surface area contributed by atoms with E-state index in [0.717, 1.165) is 16.7 Å². The fourth-order valence-corrected chi connectivity index (χ4v) is 4.30. The third-order valence-corrected chi connectivity index (χ3v) is 6.06. The number of carbonyl (C=O) groups is 2. The number of aliphatic hydroxyl groups excluding tert-OH is 1. The van der Waals surface area contributed by atoms with Crippen molar-refractivity contribution in [2.24, 2.45) is 5.92 Å². The van der Waals surface area contributed by atoms with Gasteiger partial charge in [-0.25, -0.2) is 4.79 Å². The minimum atomic E-state index is -1.06. The Bertz CT molecular complexity index is 1120. The number of aliphatic hydroxyl groups is 1. The van der Waals surface area contributed by atoms with Gasteiger partial charge in [-0.2, -0.15) is 0 Å². The first-order valence-electron chi connectivity index (χ1n) is 10.7. The molecule has 0 aliphatic rings. The zero-order chi connectivity index (χ0) is 24.2. The Hall–Kier alpha value is -3.03. The van der Waals surface area contributed by atoms with Gasteiger partial charge >= 0.3 is 11.9 Å². The standard InChI is InChI=1S/C26H29NO5S/c1-16-8-6-7-9-18(16)20-12-17(10-11-19(20)24(29)31-5)13-21(25(30)32-26(2,3)4)23(28)22-14-27-15-33-22/h6-12,14-15,21,23,28H,13H2,1-5H3. The van der Waals surface area contributed by atoms with Crippen molar-refractivity contribution < 1.29 is 24.2 Å². The highest BCUT2D eigenvalue weighted by Crippen LogP contribution is 2.33. The van der Waals surface area contributed by atoms with Crippen LogP contribution in [0.1, 0.15) is 53.2 Å². The molecule has 0 aliphatic carbocycles. The monoisotopic (exact) mass is 467 g/mol. The zero-order valence-electron chi connectivity index (χ0n) is 19.5. The van der Waals surface area contributed by atoms with Crippen molar-refractivity contribution in [2.75, 3.05) is 7.11 Å². The number of nitrogens with zero attached hydrogens (tertiary/aromatic N) is 1. The third kappa shape index (κ3) is 6.06. The minimum Gasteiger partial charge on any atom is -0.465 e. The van der Waals surface area contributed by atoms with E-state index in [2.05, 4.69) is 4.98 Å². The Labute approximate surface area is 198 Å². The van der Waals surface area contributed by atoms with E-state index in [1.807, 2.05) is 37.3 Å². The number of benzene rings is 2. The van der Waals surface area contributed by atoms with Crippen molar-refractivity contribution >= 4 is 23.3 Å². The lowest BCUT2D eigenvalue weighted by molar-refractivity contribution is -0.164. The number of ether oxygens (including phenoxy) is 2. The van der Waals surface area contributed by atoms with Crippen LogP contribution in [0.2, 0.25) is 0 Å². The maximum Gasteiger partial charge on any atom is 0.338 e. The van der Waals surface area contributed by atoms with Crippen LogP contribution in [0.25, 0.3) is 11.1 Å². The van der Waals surface area contributed by atoms with Crippen molar-refractivity contribution in [1.29, 1.82) is 0 Å². The summed E-state index contributed by atoms with van der Waals surface area (Å²) in [6.45, 7) is 7.35.